The molecule has 1 fully saturated rings. The van der Waals surface area contributed by atoms with E-state index in [-0.39, 0.29) is 5.56 Å². The van der Waals surface area contributed by atoms with Crippen LogP contribution in [0.15, 0.2) is 81.4 Å². The molecule has 2 aliphatic rings. The number of benzene rings is 2. The Morgan fingerprint density at radius 1 is 1.08 bits per heavy atom. The number of aromatic amines is 1. The Bertz CT molecular complexity index is 1570. The Kier molecular flexibility index (Phi) is 6.26. The smallest absolute Gasteiger partial charge is 0.250 e. The van der Waals surface area contributed by atoms with Gasteiger partial charge in [0, 0.05) is 42.3 Å². The van der Waals surface area contributed by atoms with Crippen LogP contribution in [0.1, 0.15) is 11.3 Å². The second kappa shape index (κ2) is 10.0. The summed E-state index contributed by atoms with van der Waals surface area (Å²) < 4.78 is 11.8. The van der Waals surface area contributed by atoms with Gasteiger partial charge in [-0.05, 0) is 48.5 Å². The highest BCUT2D eigenvalue weighted by molar-refractivity contribution is 7.99. The summed E-state index contributed by atoms with van der Waals surface area (Å²) in [5.41, 5.74) is 4.62. The Hall–Kier alpha value is -4.26. The van der Waals surface area contributed by atoms with E-state index in [1.54, 1.807) is 36.2 Å². The van der Waals surface area contributed by atoms with Crippen LogP contribution in [0.3, 0.4) is 0 Å². The maximum atomic E-state index is 12.5. The zero-order valence-corrected chi connectivity index (χ0v) is 20.7. The lowest BCUT2D eigenvalue weighted by atomic mass is 10.1. The molecule has 2 aliphatic heterocycles. The monoisotopic (exact) mass is 509 g/mol. The summed E-state index contributed by atoms with van der Waals surface area (Å²) in [7, 11) is 0. The molecule has 4 aromatic rings. The topological polar surface area (TPSA) is 103 Å². The highest BCUT2D eigenvalue weighted by Gasteiger charge is 2.23. The van der Waals surface area contributed by atoms with Crippen molar-refractivity contribution in [1.82, 2.24) is 9.97 Å². The number of pyridine rings is 2. The molecular weight excluding hydrogens is 486 g/mol. The molecule has 8 nitrogen and oxygen atoms in total. The third-order valence-corrected chi connectivity index (χ3v) is 7.35. The van der Waals surface area contributed by atoms with E-state index < -0.39 is 0 Å². The van der Waals surface area contributed by atoms with Crippen LogP contribution in [-0.4, -0.2) is 36.3 Å². The first kappa shape index (κ1) is 23.2. The number of aromatic nitrogens is 2. The lowest BCUT2D eigenvalue weighted by Crippen LogP contribution is -2.36. The molecule has 0 unspecified atom stereocenters. The molecule has 4 heterocycles. The molecule has 0 saturated carbocycles. The predicted octanol–water partition coefficient (Wildman–Crippen LogP) is 5.01. The molecule has 1 saturated heterocycles. The van der Waals surface area contributed by atoms with E-state index in [2.05, 4.69) is 26.3 Å². The molecule has 2 N–H and O–H groups in total. The van der Waals surface area contributed by atoms with E-state index in [1.807, 2.05) is 42.5 Å². The zero-order valence-electron chi connectivity index (χ0n) is 19.9. The van der Waals surface area contributed by atoms with Crippen LogP contribution in [0.2, 0.25) is 0 Å². The van der Waals surface area contributed by atoms with Gasteiger partial charge in [-0.2, -0.15) is 5.26 Å². The van der Waals surface area contributed by atoms with Gasteiger partial charge in [-0.25, -0.2) is 0 Å². The van der Waals surface area contributed by atoms with Crippen molar-refractivity contribution >= 4 is 23.1 Å². The maximum absolute atomic E-state index is 12.5. The number of nitriles is 1. The minimum Gasteiger partial charge on any atom is -0.454 e. The second-order valence-electron chi connectivity index (χ2n) is 8.72. The summed E-state index contributed by atoms with van der Waals surface area (Å²) in [5, 5.41) is 12.5. The average molecular weight is 510 g/mol. The molecule has 9 heteroatoms. The molecule has 0 spiro atoms. The molecule has 2 aromatic heterocycles. The van der Waals surface area contributed by atoms with Crippen molar-refractivity contribution in [2.75, 3.05) is 36.5 Å². The van der Waals surface area contributed by atoms with E-state index in [0.717, 1.165) is 62.7 Å². The SMILES string of the molecule is N#Cc1ccnc(CNc2ccc3c(c2)Sc2cccc(-c4cc(N5CCOCC5)cc(=O)[nH]4)c2O3)c1. The third kappa shape index (κ3) is 4.89. The molecular formula is C28H23N5O3S. The van der Waals surface area contributed by atoms with E-state index >= 15 is 0 Å². The summed E-state index contributed by atoms with van der Waals surface area (Å²) in [5.74, 6) is 1.49. The summed E-state index contributed by atoms with van der Waals surface area (Å²) in [4.78, 5) is 24.0. The third-order valence-electron chi connectivity index (χ3n) is 6.27. The number of morpholine rings is 1. The lowest BCUT2D eigenvalue weighted by molar-refractivity contribution is 0.122. The highest BCUT2D eigenvalue weighted by atomic mass is 32.2. The Labute approximate surface area is 217 Å². The highest BCUT2D eigenvalue weighted by Crippen LogP contribution is 2.51. The molecule has 0 amide bonds. The number of para-hydroxylation sites is 1. The van der Waals surface area contributed by atoms with Crippen molar-refractivity contribution in [3.63, 3.8) is 0 Å². The number of nitrogens with zero attached hydrogens (tertiary/aromatic N) is 3. The van der Waals surface area contributed by atoms with Gasteiger partial charge < -0.3 is 24.7 Å². The molecule has 2 aromatic carbocycles. The number of fused-ring (bicyclic) bond motifs is 2. The van der Waals surface area contributed by atoms with E-state index in [4.69, 9.17) is 14.7 Å². The minimum absolute atomic E-state index is 0.147. The first-order chi connectivity index (χ1) is 18.2. The summed E-state index contributed by atoms with van der Waals surface area (Å²) in [6, 6.07) is 21.2. The van der Waals surface area contributed by atoms with E-state index in [0.29, 0.717) is 25.3 Å². The van der Waals surface area contributed by atoms with Gasteiger partial charge in [0.25, 0.3) is 0 Å². The first-order valence-corrected chi connectivity index (χ1v) is 12.8. The van der Waals surface area contributed by atoms with Gasteiger partial charge in [0.05, 0.1) is 52.6 Å². The summed E-state index contributed by atoms with van der Waals surface area (Å²) in [6.07, 6.45) is 1.64. The Balaban J connectivity index is 1.25. The van der Waals surface area contributed by atoms with Gasteiger partial charge in [0.15, 0.2) is 5.75 Å². The number of ether oxygens (including phenoxy) is 2. The molecule has 0 radical (unpaired) electrons. The van der Waals surface area contributed by atoms with Crippen LogP contribution in [-0.2, 0) is 11.3 Å². The first-order valence-electron chi connectivity index (χ1n) is 12.0. The molecule has 0 bridgehead atoms. The summed E-state index contributed by atoms with van der Waals surface area (Å²) in [6.45, 7) is 3.32. The van der Waals surface area contributed by atoms with Crippen molar-refractivity contribution in [1.29, 1.82) is 5.26 Å². The van der Waals surface area contributed by atoms with E-state index in [1.165, 1.54) is 0 Å². The minimum atomic E-state index is -0.147. The van der Waals surface area contributed by atoms with Crippen molar-refractivity contribution in [3.8, 4) is 28.8 Å². The number of nitrogens with one attached hydrogen (secondary N) is 2. The molecule has 0 atom stereocenters. The van der Waals surface area contributed by atoms with Crippen molar-refractivity contribution in [2.45, 2.75) is 16.3 Å². The average Bonchev–Trinajstić information content (AvgIpc) is 2.95. The quantitative estimate of drug-likeness (QED) is 0.341. The van der Waals surface area contributed by atoms with Gasteiger partial charge in [-0.3, -0.25) is 9.78 Å². The van der Waals surface area contributed by atoms with Crippen molar-refractivity contribution in [2.24, 2.45) is 0 Å². The standard InChI is InChI=1S/C28H23N5O3S/c29-16-18-6-7-30-20(12-18)17-31-19-4-5-24-26(13-19)37-25-3-1-2-22(28(25)36-24)23-14-21(15-27(34)32-23)33-8-10-35-11-9-33/h1-7,12-15,31H,8-11,17H2,(H,32,34). The fourth-order valence-electron chi connectivity index (χ4n) is 4.44. The number of anilines is 2. The van der Waals surface area contributed by atoms with Crippen LogP contribution in [0.5, 0.6) is 11.5 Å². The second-order valence-corrected chi connectivity index (χ2v) is 9.80. The number of hydrogen-bond acceptors (Lipinski definition) is 8. The number of H-pyrrole nitrogens is 1. The van der Waals surface area contributed by atoms with Gasteiger partial charge in [-0.1, -0.05) is 17.8 Å². The normalized spacial score (nSPS) is 14.2. The van der Waals surface area contributed by atoms with Crippen LogP contribution in [0.25, 0.3) is 11.3 Å². The summed E-state index contributed by atoms with van der Waals surface area (Å²) >= 11 is 1.63. The fourth-order valence-corrected chi connectivity index (χ4v) is 5.46. The van der Waals surface area contributed by atoms with Crippen LogP contribution in [0.4, 0.5) is 11.4 Å². The van der Waals surface area contributed by atoms with Gasteiger partial charge in [0.2, 0.25) is 5.56 Å². The lowest BCUT2D eigenvalue weighted by Gasteiger charge is -2.29. The van der Waals surface area contributed by atoms with Crippen LogP contribution in [0, 0.1) is 11.3 Å². The van der Waals surface area contributed by atoms with Crippen LogP contribution < -0.4 is 20.5 Å². The van der Waals surface area contributed by atoms with Crippen LogP contribution >= 0.6 is 11.8 Å². The van der Waals surface area contributed by atoms with Gasteiger partial charge in [-0.15, -0.1) is 0 Å². The number of hydrogen-bond donors (Lipinski definition) is 2. The molecule has 0 aliphatic carbocycles. The largest absolute Gasteiger partial charge is 0.454 e. The van der Waals surface area contributed by atoms with E-state index in [9.17, 15) is 4.79 Å². The van der Waals surface area contributed by atoms with Gasteiger partial charge >= 0.3 is 0 Å². The molecule has 184 valence electrons. The van der Waals surface area contributed by atoms with Crippen molar-refractivity contribution < 1.29 is 9.47 Å². The Morgan fingerprint density at radius 2 is 1.97 bits per heavy atom. The van der Waals surface area contributed by atoms with Gasteiger partial charge in [0.1, 0.15) is 5.75 Å². The zero-order chi connectivity index (χ0) is 25.2. The fraction of sp³-hybridized carbons (Fsp3) is 0.179. The Morgan fingerprint density at radius 3 is 2.84 bits per heavy atom. The maximum Gasteiger partial charge on any atom is 0.250 e. The molecule has 6 rings (SSSR count). The number of rotatable bonds is 5. The molecule has 37 heavy (non-hydrogen) atoms. The predicted molar refractivity (Wildman–Crippen MR) is 142 cm³/mol. The van der Waals surface area contributed by atoms with Crippen molar-refractivity contribution in [3.05, 3.63) is 88.5 Å².